The molecule has 5 rings (SSSR count). The van der Waals surface area contributed by atoms with Gasteiger partial charge in [0.2, 0.25) is 0 Å². The van der Waals surface area contributed by atoms with Gasteiger partial charge in [-0.2, -0.15) is 0 Å². The Bertz CT molecular complexity index is 1870. The van der Waals surface area contributed by atoms with Crippen molar-refractivity contribution in [3.8, 4) is 23.0 Å². The second kappa shape index (κ2) is 13.1. The third-order valence-corrected chi connectivity index (χ3v) is 7.80. The maximum atomic E-state index is 13.5. The fraction of sp³-hybridized carbons (Fsp3) is 0.400. The first-order valence-corrected chi connectivity index (χ1v) is 15.4. The highest BCUT2D eigenvalue weighted by molar-refractivity contribution is 6.06. The van der Waals surface area contributed by atoms with E-state index in [1.807, 2.05) is 20.8 Å². The summed E-state index contributed by atoms with van der Waals surface area (Å²) in [4.78, 5) is 48.3. The highest BCUT2D eigenvalue weighted by Gasteiger charge is 2.28. The summed E-state index contributed by atoms with van der Waals surface area (Å²) in [6.45, 7) is 9.20. The summed E-state index contributed by atoms with van der Waals surface area (Å²) < 4.78 is 18.9. The van der Waals surface area contributed by atoms with E-state index < -0.39 is 23.2 Å². The lowest BCUT2D eigenvalue weighted by Crippen LogP contribution is -2.40. The van der Waals surface area contributed by atoms with E-state index in [9.17, 15) is 24.6 Å². The number of hydrogen-bond acceptors (Lipinski definition) is 10. The Morgan fingerprint density at radius 1 is 1.02 bits per heavy atom. The van der Waals surface area contributed by atoms with E-state index >= 15 is 0 Å². The number of hydrogen-bond donors (Lipinski definition) is 3. The second-order valence-corrected chi connectivity index (χ2v) is 13.4. The Labute approximate surface area is 272 Å². The predicted molar refractivity (Wildman–Crippen MR) is 176 cm³/mol. The number of Topliss-reactive ketones (excluding diaryl/α,β-unsaturated/α-hetero) is 1. The van der Waals surface area contributed by atoms with E-state index in [4.69, 9.17) is 14.2 Å². The number of ketones is 1. The second-order valence-electron chi connectivity index (χ2n) is 13.4. The van der Waals surface area contributed by atoms with Gasteiger partial charge in [-0.1, -0.05) is 20.8 Å². The number of pyridine rings is 3. The smallest absolute Gasteiger partial charge is 0.263 e. The van der Waals surface area contributed by atoms with Crippen molar-refractivity contribution in [3.63, 3.8) is 0 Å². The SMILES string of the molecule is COc1cc2c(Oc3ccc(NC(=O)c4cc5c(n(CC(C)(C)C)c4=O)CCCC5=O)nc3)ccnc2cc1OCC(O)C(C)(C)O. The molecule has 1 aromatic carbocycles. The molecule has 4 aromatic rings. The molecule has 1 aliphatic rings. The number of aliphatic hydroxyl groups is 2. The van der Waals surface area contributed by atoms with Crippen molar-refractivity contribution in [2.45, 2.75) is 72.1 Å². The summed E-state index contributed by atoms with van der Waals surface area (Å²) >= 11 is 0. The molecule has 1 amide bonds. The monoisotopic (exact) mass is 644 g/mol. The zero-order valence-electron chi connectivity index (χ0n) is 27.4. The lowest BCUT2D eigenvalue weighted by Gasteiger charge is -2.26. The van der Waals surface area contributed by atoms with Crippen LogP contribution in [0.1, 0.15) is 73.9 Å². The van der Waals surface area contributed by atoms with E-state index in [-0.39, 0.29) is 29.2 Å². The van der Waals surface area contributed by atoms with Crippen LogP contribution in [0, 0.1) is 5.41 Å². The van der Waals surface area contributed by atoms with Gasteiger partial charge in [0.15, 0.2) is 17.3 Å². The predicted octanol–water partition coefficient (Wildman–Crippen LogP) is 4.92. The van der Waals surface area contributed by atoms with Crippen molar-refractivity contribution in [1.29, 1.82) is 0 Å². The molecule has 12 nitrogen and oxygen atoms in total. The van der Waals surface area contributed by atoms with E-state index in [0.29, 0.717) is 71.0 Å². The van der Waals surface area contributed by atoms with Gasteiger partial charge in [-0.3, -0.25) is 19.4 Å². The van der Waals surface area contributed by atoms with Crippen LogP contribution >= 0.6 is 0 Å². The lowest BCUT2D eigenvalue weighted by atomic mass is 9.91. The number of methoxy groups -OCH3 is 1. The number of ether oxygens (including phenoxy) is 3. The number of aromatic nitrogens is 3. The van der Waals surface area contributed by atoms with E-state index in [1.165, 1.54) is 33.2 Å². The molecule has 0 saturated heterocycles. The number of amides is 1. The van der Waals surface area contributed by atoms with Gasteiger partial charge in [0.05, 0.1) is 24.4 Å². The fourth-order valence-corrected chi connectivity index (χ4v) is 5.26. The van der Waals surface area contributed by atoms with Gasteiger partial charge >= 0.3 is 0 Å². The van der Waals surface area contributed by atoms with Crippen molar-refractivity contribution in [1.82, 2.24) is 14.5 Å². The van der Waals surface area contributed by atoms with Crippen LogP contribution in [-0.2, 0) is 13.0 Å². The third-order valence-electron chi connectivity index (χ3n) is 7.80. The minimum atomic E-state index is -1.34. The molecule has 0 fully saturated rings. The van der Waals surface area contributed by atoms with Crippen molar-refractivity contribution >= 4 is 28.4 Å². The van der Waals surface area contributed by atoms with Crippen LogP contribution in [0.25, 0.3) is 10.9 Å². The van der Waals surface area contributed by atoms with Crippen molar-refractivity contribution in [2.24, 2.45) is 5.41 Å². The van der Waals surface area contributed by atoms with Crippen molar-refractivity contribution in [2.75, 3.05) is 19.0 Å². The molecule has 3 aromatic heterocycles. The largest absolute Gasteiger partial charge is 0.493 e. The van der Waals surface area contributed by atoms with Gasteiger partial charge in [0, 0.05) is 41.9 Å². The number of aliphatic hydroxyl groups excluding tert-OH is 1. The third kappa shape index (κ3) is 7.61. The van der Waals surface area contributed by atoms with Gasteiger partial charge in [-0.05, 0) is 62.4 Å². The zero-order valence-corrected chi connectivity index (χ0v) is 27.4. The quantitative estimate of drug-likeness (QED) is 0.216. The van der Waals surface area contributed by atoms with Crippen LogP contribution in [0.15, 0.2) is 53.6 Å². The minimum Gasteiger partial charge on any atom is -0.493 e. The summed E-state index contributed by atoms with van der Waals surface area (Å²) in [7, 11) is 1.48. The summed E-state index contributed by atoms with van der Waals surface area (Å²) in [6.07, 6.45) is 3.54. The fourth-order valence-electron chi connectivity index (χ4n) is 5.26. The number of fused-ring (bicyclic) bond motifs is 2. The molecule has 47 heavy (non-hydrogen) atoms. The Morgan fingerprint density at radius 2 is 1.79 bits per heavy atom. The molecule has 12 heteroatoms. The van der Waals surface area contributed by atoms with Crippen molar-refractivity contribution in [3.05, 3.63) is 76.0 Å². The van der Waals surface area contributed by atoms with Crippen LogP contribution in [0.4, 0.5) is 5.82 Å². The molecule has 0 bridgehead atoms. The maximum absolute atomic E-state index is 13.5. The molecule has 248 valence electrons. The van der Waals surface area contributed by atoms with Gasteiger partial charge in [0.1, 0.15) is 35.6 Å². The van der Waals surface area contributed by atoms with Crippen LogP contribution < -0.4 is 25.1 Å². The topological polar surface area (TPSA) is 162 Å². The maximum Gasteiger partial charge on any atom is 0.263 e. The van der Waals surface area contributed by atoms with Gasteiger partial charge in [0.25, 0.3) is 11.5 Å². The molecule has 3 N–H and O–H groups in total. The molecule has 0 aliphatic heterocycles. The number of nitrogens with one attached hydrogen (secondary N) is 1. The van der Waals surface area contributed by atoms with Crippen molar-refractivity contribution < 1.29 is 34.0 Å². The van der Waals surface area contributed by atoms with Crippen LogP contribution in [-0.4, -0.2) is 61.9 Å². The van der Waals surface area contributed by atoms with E-state index in [1.54, 1.807) is 41.1 Å². The summed E-state index contributed by atoms with van der Waals surface area (Å²) in [5.74, 6) is 1.01. The molecule has 0 radical (unpaired) electrons. The summed E-state index contributed by atoms with van der Waals surface area (Å²) in [5.41, 5.74) is -0.486. The number of anilines is 1. The Balaban J connectivity index is 1.35. The highest BCUT2D eigenvalue weighted by atomic mass is 16.5. The number of carbonyl (C=O) groups excluding carboxylic acids is 2. The first kappa shape index (κ1) is 33.6. The zero-order chi connectivity index (χ0) is 34.1. The van der Waals surface area contributed by atoms with Gasteiger partial charge in [-0.15, -0.1) is 0 Å². The van der Waals surface area contributed by atoms with Gasteiger partial charge in [-0.25, -0.2) is 4.98 Å². The molecule has 1 aliphatic carbocycles. The van der Waals surface area contributed by atoms with E-state index in [2.05, 4.69) is 15.3 Å². The minimum absolute atomic E-state index is 0.0721. The Morgan fingerprint density at radius 3 is 2.45 bits per heavy atom. The number of carbonyl (C=O) groups is 2. The first-order chi connectivity index (χ1) is 22.1. The Kier molecular flexibility index (Phi) is 9.37. The molecule has 0 spiro atoms. The molecule has 0 saturated carbocycles. The highest BCUT2D eigenvalue weighted by Crippen LogP contribution is 2.37. The first-order valence-electron chi connectivity index (χ1n) is 15.4. The number of benzene rings is 1. The number of rotatable bonds is 10. The average Bonchev–Trinajstić information content (AvgIpc) is 3.01. The molecule has 3 heterocycles. The summed E-state index contributed by atoms with van der Waals surface area (Å²) in [6, 6.07) is 9.61. The summed E-state index contributed by atoms with van der Waals surface area (Å²) in [5, 5.41) is 23.5. The van der Waals surface area contributed by atoms with Crippen LogP contribution in [0.2, 0.25) is 0 Å². The van der Waals surface area contributed by atoms with Gasteiger partial charge < -0.3 is 34.3 Å². The Hall–Kier alpha value is -4.81. The standard InChI is InChI=1S/C35H40N4O8/c1-34(2,3)19-39-25-8-7-9-26(40)22(25)14-23(33(39)43)32(42)38-31-11-10-20(17-37-31)47-27-12-13-36-24-16-29(28(45-6)15-21(24)27)46-18-30(41)35(4,5)44/h10-17,30,41,44H,7-9,18-19H2,1-6H3,(H,37,38,42). The molecular weight excluding hydrogens is 604 g/mol. The number of nitrogens with zero attached hydrogens (tertiary/aromatic N) is 3. The van der Waals surface area contributed by atoms with Crippen LogP contribution in [0.3, 0.4) is 0 Å². The lowest BCUT2D eigenvalue weighted by molar-refractivity contribution is -0.0663. The normalized spacial score (nSPS) is 14.0. The molecular formula is C35H40N4O8. The van der Waals surface area contributed by atoms with Crippen LogP contribution in [0.5, 0.6) is 23.0 Å². The molecule has 1 unspecified atom stereocenters. The molecule has 1 atom stereocenters. The average molecular weight is 645 g/mol. The van der Waals surface area contributed by atoms with E-state index in [0.717, 1.165) is 0 Å².